The molecule has 0 fully saturated rings. The van der Waals surface area contributed by atoms with Gasteiger partial charge in [-0.25, -0.2) is 8.42 Å². The van der Waals surface area contributed by atoms with E-state index in [4.69, 9.17) is 5.11 Å². The van der Waals surface area contributed by atoms with Crippen LogP contribution >= 0.6 is 11.8 Å². The number of hydrogen-bond donors (Lipinski definition) is 1. The van der Waals surface area contributed by atoms with E-state index >= 15 is 0 Å². The Bertz CT molecular complexity index is 602. The SMILES string of the molecule is CSCC(C)N(C)S(=O)(=O)c1cccc(C#CCO)c1. The van der Waals surface area contributed by atoms with Crippen molar-refractivity contribution < 1.29 is 13.5 Å². The van der Waals surface area contributed by atoms with Crippen molar-refractivity contribution >= 4 is 21.8 Å². The Hall–Kier alpha value is -1.00. The molecule has 0 aliphatic rings. The van der Waals surface area contributed by atoms with Crippen molar-refractivity contribution in [2.45, 2.75) is 17.9 Å². The fraction of sp³-hybridized carbons (Fsp3) is 0.429. The van der Waals surface area contributed by atoms with Crippen molar-refractivity contribution in [1.82, 2.24) is 4.31 Å². The van der Waals surface area contributed by atoms with Gasteiger partial charge in [0.25, 0.3) is 0 Å². The third kappa shape index (κ3) is 4.25. The number of thioether (sulfide) groups is 1. The van der Waals surface area contributed by atoms with Crippen LogP contribution in [0.3, 0.4) is 0 Å². The standard InChI is InChI=1S/C14H19NO3S2/c1-12(11-19-3)15(2)20(17,18)14-8-4-6-13(10-14)7-5-9-16/h4,6,8,10,12,16H,9,11H2,1-3H3. The molecule has 0 aliphatic carbocycles. The van der Waals surface area contributed by atoms with Gasteiger partial charge >= 0.3 is 0 Å². The van der Waals surface area contributed by atoms with Crippen molar-refractivity contribution in [3.05, 3.63) is 29.8 Å². The van der Waals surface area contributed by atoms with Crippen LogP contribution in [0.5, 0.6) is 0 Å². The molecule has 0 amide bonds. The third-order valence-electron chi connectivity index (χ3n) is 2.85. The van der Waals surface area contributed by atoms with Gasteiger partial charge in [0.05, 0.1) is 4.90 Å². The van der Waals surface area contributed by atoms with Crippen molar-refractivity contribution in [3.8, 4) is 11.8 Å². The lowest BCUT2D eigenvalue weighted by Gasteiger charge is -2.23. The van der Waals surface area contributed by atoms with Crippen LogP contribution in [-0.2, 0) is 10.0 Å². The number of aliphatic hydroxyl groups excluding tert-OH is 1. The fourth-order valence-electron chi connectivity index (χ4n) is 1.63. The molecule has 0 saturated heterocycles. The lowest BCUT2D eigenvalue weighted by molar-refractivity contribution is 0.350. The summed E-state index contributed by atoms with van der Waals surface area (Å²) in [5.41, 5.74) is 0.575. The summed E-state index contributed by atoms with van der Waals surface area (Å²) in [5.74, 6) is 5.96. The maximum Gasteiger partial charge on any atom is 0.243 e. The summed E-state index contributed by atoms with van der Waals surface area (Å²) in [4.78, 5) is 0.220. The van der Waals surface area contributed by atoms with Gasteiger partial charge in [0.1, 0.15) is 6.61 Å². The molecule has 0 spiro atoms. The molecule has 1 atom stereocenters. The summed E-state index contributed by atoms with van der Waals surface area (Å²) in [6.07, 6.45) is 1.95. The second-order valence-electron chi connectivity index (χ2n) is 4.31. The number of nitrogens with zero attached hydrogens (tertiary/aromatic N) is 1. The summed E-state index contributed by atoms with van der Waals surface area (Å²) in [6.45, 7) is 1.63. The molecule has 110 valence electrons. The molecule has 0 saturated carbocycles. The molecule has 6 heteroatoms. The number of hydrogen-bond acceptors (Lipinski definition) is 4. The monoisotopic (exact) mass is 313 g/mol. The van der Waals surface area contributed by atoms with Crippen LogP contribution in [0.4, 0.5) is 0 Å². The van der Waals surface area contributed by atoms with Crippen molar-refractivity contribution in [1.29, 1.82) is 0 Å². The van der Waals surface area contributed by atoms with Gasteiger partial charge in [-0.15, -0.1) is 0 Å². The number of rotatable bonds is 5. The minimum atomic E-state index is -3.52. The van der Waals surface area contributed by atoms with Gasteiger partial charge in [-0.3, -0.25) is 0 Å². The summed E-state index contributed by atoms with van der Waals surface area (Å²) in [6, 6.07) is 6.37. The molecule has 1 rings (SSSR count). The van der Waals surface area contributed by atoms with Crippen molar-refractivity contribution in [2.24, 2.45) is 0 Å². The molecule has 1 unspecified atom stereocenters. The van der Waals surface area contributed by atoms with Crippen LogP contribution in [0.15, 0.2) is 29.2 Å². The fourth-order valence-corrected chi connectivity index (χ4v) is 3.83. The minimum absolute atomic E-state index is 0.0813. The average Bonchev–Trinajstić information content (AvgIpc) is 2.44. The van der Waals surface area contributed by atoms with E-state index in [0.29, 0.717) is 5.56 Å². The predicted octanol–water partition coefficient (Wildman–Crippen LogP) is 1.40. The van der Waals surface area contributed by atoms with E-state index in [0.717, 1.165) is 5.75 Å². The van der Waals surface area contributed by atoms with Crippen LogP contribution in [0.1, 0.15) is 12.5 Å². The second-order valence-corrected chi connectivity index (χ2v) is 7.22. The first kappa shape index (κ1) is 17.1. The molecule has 1 aromatic rings. The van der Waals surface area contributed by atoms with E-state index in [-0.39, 0.29) is 17.5 Å². The molecule has 4 nitrogen and oxygen atoms in total. The summed E-state index contributed by atoms with van der Waals surface area (Å²) < 4.78 is 26.4. The molecule has 1 aromatic carbocycles. The Morgan fingerprint density at radius 1 is 1.45 bits per heavy atom. The second kappa shape index (κ2) is 7.70. The number of sulfonamides is 1. The maximum absolute atomic E-state index is 12.5. The Labute approximate surface area is 125 Å². The predicted molar refractivity (Wildman–Crippen MR) is 83.2 cm³/mol. The van der Waals surface area contributed by atoms with Crippen LogP contribution < -0.4 is 0 Å². The zero-order valence-electron chi connectivity index (χ0n) is 11.8. The largest absolute Gasteiger partial charge is 0.384 e. The van der Waals surface area contributed by atoms with Gasteiger partial charge in [-0.1, -0.05) is 17.9 Å². The lowest BCUT2D eigenvalue weighted by atomic mass is 10.2. The topological polar surface area (TPSA) is 57.6 Å². The lowest BCUT2D eigenvalue weighted by Crippen LogP contribution is -2.36. The zero-order valence-corrected chi connectivity index (χ0v) is 13.5. The number of aliphatic hydroxyl groups is 1. The molecular formula is C14H19NO3S2. The van der Waals surface area contributed by atoms with E-state index < -0.39 is 10.0 Å². The minimum Gasteiger partial charge on any atom is -0.384 e. The van der Waals surface area contributed by atoms with E-state index in [1.165, 1.54) is 10.4 Å². The molecule has 0 aliphatic heterocycles. The smallest absolute Gasteiger partial charge is 0.243 e. The summed E-state index contributed by atoms with van der Waals surface area (Å²) in [5, 5.41) is 8.67. The molecular weight excluding hydrogens is 294 g/mol. The normalized spacial score (nSPS) is 12.8. The first-order valence-corrected chi connectivity index (χ1v) is 8.93. The van der Waals surface area contributed by atoms with E-state index in [1.54, 1.807) is 37.0 Å². The van der Waals surface area contributed by atoms with Crippen LogP contribution in [0.2, 0.25) is 0 Å². The highest BCUT2D eigenvalue weighted by atomic mass is 32.2. The van der Waals surface area contributed by atoms with Crippen LogP contribution in [0, 0.1) is 11.8 Å². The molecule has 1 N–H and O–H groups in total. The van der Waals surface area contributed by atoms with Crippen LogP contribution in [0.25, 0.3) is 0 Å². The quantitative estimate of drug-likeness (QED) is 0.835. The van der Waals surface area contributed by atoms with Gasteiger partial charge < -0.3 is 5.11 Å². The van der Waals surface area contributed by atoms with Gasteiger partial charge in [0.2, 0.25) is 10.0 Å². The van der Waals surface area contributed by atoms with E-state index in [2.05, 4.69) is 11.8 Å². The highest BCUT2D eigenvalue weighted by molar-refractivity contribution is 7.98. The molecule has 0 bridgehead atoms. The third-order valence-corrected chi connectivity index (χ3v) is 5.63. The highest BCUT2D eigenvalue weighted by Gasteiger charge is 2.25. The average molecular weight is 313 g/mol. The molecule has 0 radical (unpaired) electrons. The number of benzene rings is 1. The van der Waals surface area contributed by atoms with Gasteiger partial charge in [0, 0.05) is 24.4 Å². The van der Waals surface area contributed by atoms with Crippen molar-refractivity contribution in [3.63, 3.8) is 0 Å². The zero-order chi connectivity index (χ0) is 15.2. The van der Waals surface area contributed by atoms with Crippen LogP contribution in [-0.4, -0.2) is 49.5 Å². The maximum atomic E-state index is 12.5. The van der Waals surface area contributed by atoms with Gasteiger partial charge in [-0.2, -0.15) is 16.1 Å². The van der Waals surface area contributed by atoms with Crippen molar-refractivity contribution in [2.75, 3.05) is 25.7 Å². The highest BCUT2D eigenvalue weighted by Crippen LogP contribution is 2.18. The molecule has 0 heterocycles. The Balaban J connectivity index is 3.09. The van der Waals surface area contributed by atoms with E-state index in [9.17, 15) is 8.42 Å². The molecule has 20 heavy (non-hydrogen) atoms. The van der Waals surface area contributed by atoms with E-state index in [1.807, 2.05) is 13.2 Å². The first-order chi connectivity index (χ1) is 9.43. The van der Waals surface area contributed by atoms with Gasteiger partial charge in [-0.05, 0) is 31.4 Å². The summed E-state index contributed by atoms with van der Waals surface area (Å²) >= 11 is 1.61. The Morgan fingerprint density at radius 3 is 2.75 bits per heavy atom. The summed E-state index contributed by atoms with van der Waals surface area (Å²) in [7, 11) is -1.93. The van der Waals surface area contributed by atoms with Gasteiger partial charge in [0.15, 0.2) is 0 Å². The Kier molecular flexibility index (Phi) is 6.56. The molecule has 0 aromatic heterocycles. The Morgan fingerprint density at radius 2 is 2.15 bits per heavy atom. The first-order valence-electron chi connectivity index (χ1n) is 6.10.